The molecule has 260 valence electrons. The van der Waals surface area contributed by atoms with Crippen LogP contribution in [0.4, 0.5) is 5.82 Å². The van der Waals surface area contributed by atoms with Gasteiger partial charge in [0.05, 0.1) is 17.9 Å². The summed E-state index contributed by atoms with van der Waals surface area (Å²) in [4.78, 5) is 15.3. The molecular formula is C33H61N5O7. The molecule has 1 amide bonds. The van der Waals surface area contributed by atoms with E-state index in [1.54, 1.807) is 4.68 Å². The number of aliphatic hydroxyl groups is 3. The van der Waals surface area contributed by atoms with E-state index in [4.69, 9.17) is 14.2 Å². The van der Waals surface area contributed by atoms with Crippen LogP contribution in [0.3, 0.4) is 0 Å². The molecule has 12 heteroatoms. The number of benzene rings is 1. The van der Waals surface area contributed by atoms with Crippen molar-refractivity contribution in [1.82, 2.24) is 20.3 Å². The first-order valence-corrected chi connectivity index (χ1v) is 16.6. The number of rotatable bonds is 13. The fourth-order valence-electron chi connectivity index (χ4n) is 4.59. The van der Waals surface area contributed by atoms with Gasteiger partial charge in [-0.3, -0.25) is 4.79 Å². The number of amides is 1. The Morgan fingerprint density at radius 3 is 2.02 bits per heavy atom. The average Bonchev–Trinajstić information content (AvgIpc) is 3.53. The third-order valence-electron chi connectivity index (χ3n) is 7.53. The number of anilines is 1. The van der Waals surface area contributed by atoms with Crippen LogP contribution in [-0.4, -0.2) is 92.7 Å². The van der Waals surface area contributed by atoms with E-state index in [1.807, 2.05) is 100 Å². The summed E-state index contributed by atoms with van der Waals surface area (Å²) in [5, 5.41) is 42.2. The maximum Gasteiger partial charge on any atom is 0.252 e. The van der Waals surface area contributed by atoms with E-state index in [2.05, 4.69) is 20.5 Å². The Hall–Kier alpha value is -2.61. The topological polar surface area (TPSA) is 151 Å². The standard InChI is InChI=1S/C27H43N5O7.3C2H6/c1-7-27(5,8-2)39-22-20(34)21(35)26(37-6)38-23(22)24(36)28-15-17-11-13-18(14-12-17)32-25(31(9-3)10-4)19(16-33)29-30-32;3*1-2/h11-14,20-23,26,33-35H,7-10,15-16H2,1-6H3,(H,28,36);3*1-2H3/t20?,21?,22-,23-,26?;;;/m0.../s1. The number of aromatic nitrogens is 3. The van der Waals surface area contributed by atoms with E-state index < -0.39 is 42.2 Å². The summed E-state index contributed by atoms with van der Waals surface area (Å²) >= 11 is 0. The van der Waals surface area contributed by atoms with Crippen LogP contribution in [0.1, 0.15) is 100 Å². The lowest BCUT2D eigenvalue weighted by Crippen LogP contribution is -2.64. The first kappa shape index (κ1) is 42.4. The number of carbonyl (C=O) groups excluding carboxylic acids is 1. The highest BCUT2D eigenvalue weighted by atomic mass is 16.7. The van der Waals surface area contributed by atoms with Crippen molar-refractivity contribution in [3.8, 4) is 5.69 Å². The summed E-state index contributed by atoms with van der Waals surface area (Å²) < 4.78 is 18.8. The monoisotopic (exact) mass is 639 g/mol. The van der Waals surface area contributed by atoms with Gasteiger partial charge in [-0.15, -0.1) is 5.10 Å². The Balaban J connectivity index is 0.00000304. The number of hydrogen-bond donors (Lipinski definition) is 4. The molecule has 0 spiro atoms. The van der Waals surface area contributed by atoms with Crippen LogP contribution in [0.5, 0.6) is 0 Å². The Kier molecular flexibility index (Phi) is 20.7. The SMILES string of the molecule is CC.CC.CC.CCN(CC)c1c(CO)nnn1-c1ccc(CNC(=O)[C@H]2OC(OC)C(O)C(O)[C@@H]2OC(C)(CC)CC)cc1. The molecule has 1 fully saturated rings. The fourth-order valence-corrected chi connectivity index (χ4v) is 4.59. The molecule has 0 bridgehead atoms. The van der Waals surface area contributed by atoms with Crippen LogP contribution in [0.2, 0.25) is 0 Å². The van der Waals surface area contributed by atoms with Crippen molar-refractivity contribution in [2.24, 2.45) is 0 Å². The van der Waals surface area contributed by atoms with Gasteiger partial charge in [0, 0.05) is 26.7 Å². The van der Waals surface area contributed by atoms with E-state index in [0.29, 0.717) is 18.5 Å². The summed E-state index contributed by atoms with van der Waals surface area (Å²) in [7, 11) is 1.34. The number of hydrogen-bond acceptors (Lipinski definition) is 10. The highest BCUT2D eigenvalue weighted by Crippen LogP contribution is 2.31. The van der Waals surface area contributed by atoms with Crippen LogP contribution in [0.15, 0.2) is 24.3 Å². The third-order valence-corrected chi connectivity index (χ3v) is 7.53. The molecule has 3 unspecified atom stereocenters. The maximum atomic E-state index is 13.3. The van der Waals surface area contributed by atoms with Crippen LogP contribution in [0, 0.1) is 0 Å². The van der Waals surface area contributed by atoms with Gasteiger partial charge >= 0.3 is 0 Å². The minimum Gasteiger partial charge on any atom is -0.390 e. The zero-order chi connectivity index (χ0) is 34.7. The number of nitrogens with one attached hydrogen (secondary N) is 1. The number of methoxy groups -OCH3 is 1. The van der Waals surface area contributed by atoms with Crippen molar-refractivity contribution in [1.29, 1.82) is 0 Å². The summed E-state index contributed by atoms with van der Waals surface area (Å²) in [5.74, 6) is 0.253. The summed E-state index contributed by atoms with van der Waals surface area (Å²) in [5.41, 5.74) is 1.48. The van der Waals surface area contributed by atoms with Crippen LogP contribution < -0.4 is 10.2 Å². The van der Waals surface area contributed by atoms with Crippen molar-refractivity contribution < 1.29 is 34.3 Å². The second kappa shape index (κ2) is 22.0. The number of ether oxygens (including phenoxy) is 3. The summed E-state index contributed by atoms with van der Waals surface area (Å²) in [6, 6.07) is 7.45. The molecule has 0 radical (unpaired) electrons. The molecule has 0 aliphatic carbocycles. The summed E-state index contributed by atoms with van der Waals surface area (Å²) in [6.45, 7) is 23.3. The molecule has 0 saturated carbocycles. The van der Waals surface area contributed by atoms with Crippen molar-refractivity contribution in [2.75, 3.05) is 25.1 Å². The maximum absolute atomic E-state index is 13.3. The molecular weight excluding hydrogens is 578 g/mol. The lowest BCUT2D eigenvalue weighted by atomic mass is 9.94. The fraction of sp³-hybridized carbons (Fsp3) is 0.727. The lowest BCUT2D eigenvalue weighted by Gasteiger charge is -2.44. The second-order valence-electron chi connectivity index (χ2n) is 9.87. The molecule has 2 heterocycles. The summed E-state index contributed by atoms with van der Waals surface area (Å²) in [6.07, 6.45) is -4.87. The highest BCUT2D eigenvalue weighted by molar-refractivity contribution is 5.81. The Morgan fingerprint density at radius 1 is 1.00 bits per heavy atom. The molecule has 1 aromatic carbocycles. The normalized spacial score (nSPS) is 20.8. The van der Waals surface area contributed by atoms with Gasteiger partial charge in [-0.05, 0) is 51.3 Å². The van der Waals surface area contributed by atoms with Crippen LogP contribution in [0.25, 0.3) is 5.69 Å². The van der Waals surface area contributed by atoms with Crippen molar-refractivity contribution in [3.05, 3.63) is 35.5 Å². The highest BCUT2D eigenvalue weighted by Gasteiger charge is 2.50. The Bertz CT molecular complexity index is 1060. The van der Waals surface area contributed by atoms with Crippen LogP contribution >= 0.6 is 0 Å². The smallest absolute Gasteiger partial charge is 0.252 e. The van der Waals surface area contributed by atoms with E-state index in [0.717, 1.165) is 30.2 Å². The Labute approximate surface area is 271 Å². The molecule has 1 aromatic heterocycles. The molecule has 45 heavy (non-hydrogen) atoms. The largest absolute Gasteiger partial charge is 0.390 e. The van der Waals surface area contributed by atoms with Gasteiger partial charge < -0.3 is 39.7 Å². The zero-order valence-electron chi connectivity index (χ0n) is 29.7. The minimum atomic E-state index is -1.37. The first-order valence-electron chi connectivity index (χ1n) is 16.6. The minimum absolute atomic E-state index is 0.197. The van der Waals surface area contributed by atoms with E-state index in [9.17, 15) is 20.1 Å². The molecule has 1 aliphatic heterocycles. The molecule has 4 N–H and O–H groups in total. The molecule has 1 saturated heterocycles. The molecule has 2 aromatic rings. The van der Waals surface area contributed by atoms with Crippen molar-refractivity contribution in [3.63, 3.8) is 0 Å². The molecule has 12 nitrogen and oxygen atoms in total. The lowest BCUT2D eigenvalue weighted by molar-refractivity contribution is -0.304. The van der Waals surface area contributed by atoms with E-state index >= 15 is 0 Å². The van der Waals surface area contributed by atoms with Gasteiger partial charge in [0.15, 0.2) is 18.2 Å². The van der Waals surface area contributed by atoms with Crippen molar-refractivity contribution >= 4 is 11.7 Å². The Morgan fingerprint density at radius 2 is 1.56 bits per heavy atom. The van der Waals surface area contributed by atoms with Crippen LogP contribution in [-0.2, 0) is 32.2 Å². The molecule has 1 aliphatic rings. The predicted molar refractivity (Wildman–Crippen MR) is 178 cm³/mol. The average molecular weight is 640 g/mol. The van der Waals surface area contributed by atoms with Gasteiger partial charge in [0.1, 0.15) is 24.0 Å². The first-order chi connectivity index (χ1) is 21.7. The van der Waals surface area contributed by atoms with Gasteiger partial charge in [-0.1, -0.05) is 72.7 Å². The van der Waals surface area contributed by atoms with Gasteiger partial charge in [-0.2, -0.15) is 4.68 Å². The zero-order valence-corrected chi connectivity index (χ0v) is 29.7. The van der Waals surface area contributed by atoms with Gasteiger partial charge in [0.2, 0.25) is 0 Å². The quantitative estimate of drug-likeness (QED) is 0.249. The number of nitrogens with zero attached hydrogens (tertiary/aromatic N) is 4. The number of carbonyl (C=O) groups is 1. The molecule has 5 atom stereocenters. The predicted octanol–water partition coefficient (Wildman–Crippen LogP) is 4.36. The number of aliphatic hydroxyl groups excluding tert-OH is 3. The van der Waals surface area contributed by atoms with Gasteiger partial charge in [0.25, 0.3) is 5.91 Å². The molecule has 3 rings (SSSR count). The second-order valence-corrected chi connectivity index (χ2v) is 9.87. The van der Waals surface area contributed by atoms with Gasteiger partial charge in [-0.25, -0.2) is 0 Å². The third kappa shape index (κ3) is 11.0. The van der Waals surface area contributed by atoms with E-state index in [-0.39, 0.29) is 13.2 Å². The van der Waals surface area contributed by atoms with Crippen molar-refractivity contribution in [2.45, 2.75) is 138 Å². The van der Waals surface area contributed by atoms with E-state index in [1.165, 1.54) is 7.11 Å².